The fraction of sp³-hybridized carbons (Fsp3) is 0.414. The first kappa shape index (κ1) is 24.1. The first-order chi connectivity index (χ1) is 16.6. The van der Waals surface area contributed by atoms with E-state index in [-0.39, 0.29) is 22.0 Å². The molecule has 1 heterocycles. The van der Waals surface area contributed by atoms with Gasteiger partial charge in [0.15, 0.2) is 0 Å². The second-order valence-corrected chi connectivity index (χ2v) is 13.1. The molecule has 2 aliphatic carbocycles. The molecule has 4 atom stereocenters. The Hall–Kier alpha value is -2.57. The first-order valence-corrected chi connectivity index (χ1v) is 13.6. The summed E-state index contributed by atoms with van der Waals surface area (Å²) < 4.78 is 31.6. The van der Waals surface area contributed by atoms with Crippen LogP contribution >= 0.6 is 0 Å². The summed E-state index contributed by atoms with van der Waals surface area (Å²) in [7, 11) is -1.15. The van der Waals surface area contributed by atoms with Crippen LogP contribution in [0.5, 0.6) is 0 Å². The van der Waals surface area contributed by atoms with E-state index >= 15 is 0 Å². The molecule has 0 amide bonds. The molecule has 1 aromatic heterocycles. The van der Waals surface area contributed by atoms with E-state index in [0.717, 1.165) is 37.1 Å². The van der Waals surface area contributed by atoms with Gasteiger partial charge in [0.25, 0.3) is 0 Å². The topological polar surface area (TPSA) is 46.9 Å². The summed E-state index contributed by atoms with van der Waals surface area (Å²) in [4.78, 5) is 0. The van der Waals surface area contributed by atoms with Gasteiger partial charge in [0.1, 0.15) is 5.82 Å². The Morgan fingerprint density at radius 3 is 2.57 bits per heavy atom. The maximum absolute atomic E-state index is 13.4. The Bertz CT molecular complexity index is 1260. The highest BCUT2D eigenvalue weighted by molar-refractivity contribution is 7.84. The lowest BCUT2D eigenvalue weighted by molar-refractivity contribution is 0.238. The van der Waals surface area contributed by atoms with Crippen LogP contribution in [0.15, 0.2) is 66.4 Å². The molecule has 2 aromatic carbocycles. The van der Waals surface area contributed by atoms with Gasteiger partial charge in [-0.2, -0.15) is 5.10 Å². The van der Waals surface area contributed by atoms with Crippen LogP contribution in [-0.4, -0.2) is 18.7 Å². The van der Waals surface area contributed by atoms with Crippen molar-refractivity contribution in [3.63, 3.8) is 0 Å². The third-order valence-electron chi connectivity index (χ3n) is 7.75. The summed E-state index contributed by atoms with van der Waals surface area (Å²) in [5.41, 5.74) is 5.91. The van der Waals surface area contributed by atoms with E-state index in [1.165, 1.54) is 28.8 Å². The zero-order valence-corrected chi connectivity index (χ0v) is 21.7. The molecule has 0 radical (unpaired) electrons. The highest BCUT2D eigenvalue weighted by atomic mass is 32.2. The second-order valence-electron chi connectivity index (χ2n) is 11.1. The maximum atomic E-state index is 13.4. The third-order valence-corrected chi connectivity index (χ3v) is 9.36. The molecular formula is C29H34FN3OS. The summed E-state index contributed by atoms with van der Waals surface area (Å²) in [6, 6.07) is 17.0. The van der Waals surface area contributed by atoms with Gasteiger partial charge in [-0.3, -0.25) is 0 Å². The Balaban J connectivity index is 1.42. The van der Waals surface area contributed by atoms with Gasteiger partial charge in [-0.15, -0.1) is 0 Å². The number of rotatable bonds is 6. The van der Waals surface area contributed by atoms with E-state index in [1.54, 1.807) is 12.1 Å². The van der Waals surface area contributed by atoms with E-state index in [9.17, 15) is 8.60 Å². The van der Waals surface area contributed by atoms with Gasteiger partial charge in [0, 0.05) is 6.04 Å². The quantitative estimate of drug-likeness (QED) is 0.425. The van der Waals surface area contributed by atoms with Crippen LogP contribution in [0.2, 0.25) is 0 Å². The van der Waals surface area contributed by atoms with Crippen LogP contribution in [0.4, 0.5) is 4.39 Å². The molecular weight excluding hydrogens is 457 g/mol. The molecule has 6 heteroatoms. The molecule has 1 N–H and O–H groups in total. The minimum absolute atomic E-state index is 0.0285. The highest BCUT2D eigenvalue weighted by Crippen LogP contribution is 2.55. The van der Waals surface area contributed by atoms with Gasteiger partial charge >= 0.3 is 0 Å². The van der Waals surface area contributed by atoms with E-state index in [0.29, 0.717) is 5.92 Å². The molecule has 1 saturated carbocycles. The molecule has 5 rings (SSSR count). The Kier molecular flexibility index (Phi) is 6.30. The molecule has 4 nitrogen and oxygen atoms in total. The number of halogens is 1. The average molecular weight is 492 g/mol. The van der Waals surface area contributed by atoms with Crippen LogP contribution in [0.3, 0.4) is 0 Å². The van der Waals surface area contributed by atoms with Crippen molar-refractivity contribution in [2.24, 2.45) is 11.3 Å². The van der Waals surface area contributed by atoms with Crippen molar-refractivity contribution in [2.45, 2.75) is 64.2 Å². The lowest BCUT2D eigenvalue weighted by atomic mass is 9.68. The molecule has 4 unspecified atom stereocenters. The van der Waals surface area contributed by atoms with Crippen LogP contribution in [0, 0.1) is 17.2 Å². The number of nitrogens with zero attached hydrogens (tertiary/aromatic N) is 2. The van der Waals surface area contributed by atoms with Crippen molar-refractivity contribution in [1.82, 2.24) is 14.5 Å². The van der Waals surface area contributed by atoms with Crippen LogP contribution in [0.25, 0.3) is 11.8 Å². The van der Waals surface area contributed by atoms with Gasteiger partial charge in [-0.25, -0.2) is 18.0 Å². The third kappa shape index (κ3) is 4.66. The molecule has 0 spiro atoms. The number of aromatic nitrogens is 2. The number of benzene rings is 2. The lowest BCUT2D eigenvalue weighted by Crippen LogP contribution is -2.38. The number of nitrogens with one attached hydrogen (secondary N) is 1. The Morgan fingerprint density at radius 1 is 1.17 bits per heavy atom. The molecule has 0 aliphatic heterocycles. The Morgan fingerprint density at radius 2 is 1.89 bits per heavy atom. The maximum Gasteiger partial charge on any atom is 0.123 e. The van der Waals surface area contributed by atoms with E-state index in [4.69, 9.17) is 0 Å². The summed E-state index contributed by atoms with van der Waals surface area (Å²) in [6.07, 6.45) is 8.31. The van der Waals surface area contributed by atoms with Crippen molar-refractivity contribution < 1.29 is 8.60 Å². The molecule has 35 heavy (non-hydrogen) atoms. The zero-order valence-electron chi connectivity index (χ0n) is 20.9. The summed E-state index contributed by atoms with van der Waals surface area (Å²) in [5, 5.41) is 4.65. The van der Waals surface area contributed by atoms with Gasteiger partial charge in [-0.05, 0) is 99.3 Å². The van der Waals surface area contributed by atoms with Crippen LogP contribution in [0.1, 0.15) is 69.8 Å². The molecule has 0 bridgehead atoms. The van der Waals surface area contributed by atoms with Crippen LogP contribution < -0.4 is 4.72 Å². The van der Waals surface area contributed by atoms with Gasteiger partial charge < -0.3 is 0 Å². The van der Waals surface area contributed by atoms with E-state index in [1.807, 2.05) is 37.7 Å². The summed E-state index contributed by atoms with van der Waals surface area (Å²) in [5.74, 6) is 0.221. The molecule has 2 aliphatic rings. The number of hydrogen-bond acceptors (Lipinski definition) is 2. The van der Waals surface area contributed by atoms with E-state index < -0.39 is 11.0 Å². The van der Waals surface area contributed by atoms with Gasteiger partial charge in [-0.1, -0.05) is 42.8 Å². The standard InChI is InChI=1S/C29H34FN3OS/c1-28(2,3)35(34)32-26(20-8-6-5-7-9-20)16-22-10-11-23-17-27-21(18-29(22,23)4)19-31-33(27)25-14-12-24(30)13-15-25/h5-9,12-15,17,19,22,26,32H,10-11,16,18H2,1-4H3. The predicted molar refractivity (Wildman–Crippen MR) is 141 cm³/mol. The van der Waals surface area contributed by atoms with Crippen molar-refractivity contribution >= 4 is 17.1 Å². The number of fused-ring (bicyclic) bond motifs is 2. The van der Waals surface area contributed by atoms with Crippen molar-refractivity contribution in [2.75, 3.05) is 0 Å². The van der Waals surface area contributed by atoms with Gasteiger partial charge in [0.2, 0.25) is 0 Å². The minimum atomic E-state index is -1.15. The minimum Gasteiger partial charge on any atom is -0.242 e. The van der Waals surface area contributed by atoms with Crippen molar-refractivity contribution in [3.8, 4) is 5.69 Å². The molecule has 3 aromatic rings. The van der Waals surface area contributed by atoms with Crippen molar-refractivity contribution in [3.05, 3.63) is 89.0 Å². The molecule has 184 valence electrons. The molecule has 0 saturated heterocycles. The van der Waals surface area contributed by atoms with Crippen LogP contribution in [-0.2, 0) is 17.4 Å². The fourth-order valence-electron chi connectivity index (χ4n) is 5.63. The SMILES string of the molecule is CC12Cc3cnn(-c4ccc(F)cc4)c3C=C1CCC2CC(NS(=O)C(C)(C)C)c1ccccc1. The monoisotopic (exact) mass is 491 g/mol. The predicted octanol–water partition coefficient (Wildman–Crippen LogP) is 6.55. The zero-order chi connectivity index (χ0) is 24.8. The normalized spacial score (nSPS) is 23.3. The smallest absolute Gasteiger partial charge is 0.123 e. The number of allylic oxidation sites excluding steroid dienone is 1. The summed E-state index contributed by atoms with van der Waals surface area (Å²) in [6.45, 7) is 8.42. The summed E-state index contributed by atoms with van der Waals surface area (Å²) >= 11 is 0. The van der Waals surface area contributed by atoms with Gasteiger partial charge in [0.05, 0.1) is 33.3 Å². The highest BCUT2D eigenvalue weighted by Gasteiger charge is 2.46. The van der Waals surface area contributed by atoms with Crippen molar-refractivity contribution in [1.29, 1.82) is 0 Å². The second kappa shape index (κ2) is 9.14. The average Bonchev–Trinajstić information content (AvgIpc) is 3.37. The lowest BCUT2D eigenvalue weighted by Gasteiger charge is -2.38. The number of hydrogen-bond donors (Lipinski definition) is 1. The van der Waals surface area contributed by atoms with E-state index in [2.05, 4.69) is 47.1 Å². The largest absolute Gasteiger partial charge is 0.242 e. The molecule has 1 fully saturated rings. The first-order valence-electron chi connectivity index (χ1n) is 12.4. The fourth-order valence-corrected chi connectivity index (χ4v) is 6.47. The Labute approximate surface area is 210 Å².